The number of likely N-dealkylation sites (N-methyl/N-ethyl adjacent to an activating group) is 1. The highest BCUT2D eigenvalue weighted by molar-refractivity contribution is 5.68. The van der Waals surface area contributed by atoms with Crippen LogP contribution in [0.1, 0.15) is 20.8 Å². The Morgan fingerprint density at radius 3 is 1.33 bits per heavy atom. The number of carboxylic acid groups (broad SMARTS) is 3. The highest BCUT2D eigenvalue weighted by Gasteiger charge is 1.88. The summed E-state index contributed by atoms with van der Waals surface area (Å²) >= 11 is 0. The van der Waals surface area contributed by atoms with E-state index in [-0.39, 0.29) is 6.54 Å². The molecule has 7 heteroatoms. The molecule has 4 N–H and O–H groups in total. The molecule has 0 aromatic rings. The Hall–Kier alpha value is -1.63. The van der Waals surface area contributed by atoms with E-state index < -0.39 is 17.9 Å². The van der Waals surface area contributed by atoms with Crippen molar-refractivity contribution in [2.24, 2.45) is 0 Å². The van der Waals surface area contributed by atoms with Gasteiger partial charge in [-0.05, 0) is 6.54 Å². The quantitative estimate of drug-likeness (QED) is 0.525. The van der Waals surface area contributed by atoms with Gasteiger partial charge in [0.15, 0.2) is 0 Å². The van der Waals surface area contributed by atoms with Crippen LogP contribution in [-0.2, 0) is 14.4 Å². The number of aliphatic carboxylic acids is 3. The average Bonchev–Trinajstić information content (AvgIpc) is 1.98. The topological polar surface area (TPSA) is 124 Å². The molecule has 0 heterocycles. The van der Waals surface area contributed by atoms with Gasteiger partial charge in [0.2, 0.25) is 0 Å². The van der Waals surface area contributed by atoms with Crippen LogP contribution in [0.15, 0.2) is 0 Å². The Morgan fingerprint density at radius 1 is 1.00 bits per heavy atom. The summed E-state index contributed by atoms with van der Waals surface area (Å²) < 4.78 is 0. The van der Waals surface area contributed by atoms with Crippen LogP contribution in [-0.4, -0.2) is 46.3 Å². The molecule has 15 heavy (non-hydrogen) atoms. The maximum absolute atomic E-state index is 9.70. The van der Waals surface area contributed by atoms with E-state index in [0.29, 0.717) is 6.54 Å². The third kappa shape index (κ3) is 237. The standard InChI is InChI=1S/C4H9NO2.2C2H4O2/c1-2-5-3-4(6)7;2*1-2(3)4/h5H,2-3H2,1H3,(H,6,7);2*1H3,(H,3,4). The van der Waals surface area contributed by atoms with Crippen molar-refractivity contribution in [3.63, 3.8) is 0 Å². The Bertz CT molecular complexity index is 172. The molecule has 0 atom stereocenters. The lowest BCUT2D eigenvalue weighted by molar-refractivity contribution is -0.136. The average molecular weight is 223 g/mol. The van der Waals surface area contributed by atoms with Crippen LogP contribution in [0.5, 0.6) is 0 Å². The zero-order chi connectivity index (χ0) is 12.9. The second kappa shape index (κ2) is 14.9. The van der Waals surface area contributed by atoms with E-state index in [2.05, 4.69) is 5.32 Å². The second-order valence-electron chi connectivity index (χ2n) is 2.21. The number of hydrogen-bond donors (Lipinski definition) is 4. The lowest BCUT2D eigenvalue weighted by Crippen LogP contribution is -2.21. The van der Waals surface area contributed by atoms with Crippen LogP contribution < -0.4 is 5.32 Å². The molecule has 7 nitrogen and oxygen atoms in total. The lowest BCUT2D eigenvalue weighted by Gasteiger charge is -1.90. The molecule has 0 aromatic heterocycles. The van der Waals surface area contributed by atoms with Crippen LogP contribution >= 0.6 is 0 Å². The molecule has 0 aliphatic carbocycles. The zero-order valence-electron chi connectivity index (χ0n) is 8.98. The van der Waals surface area contributed by atoms with E-state index in [1.54, 1.807) is 0 Å². The summed E-state index contributed by atoms with van der Waals surface area (Å²) in [6.45, 7) is 4.81. The van der Waals surface area contributed by atoms with Gasteiger partial charge >= 0.3 is 5.97 Å². The summed E-state index contributed by atoms with van der Waals surface area (Å²) in [6, 6.07) is 0. The smallest absolute Gasteiger partial charge is 0.317 e. The van der Waals surface area contributed by atoms with Crippen molar-refractivity contribution >= 4 is 17.9 Å². The minimum Gasteiger partial charge on any atom is -0.481 e. The summed E-state index contributed by atoms with van der Waals surface area (Å²) in [5.41, 5.74) is 0. The molecular weight excluding hydrogens is 206 g/mol. The van der Waals surface area contributed by atoms with Crippen molar-refractivity contribution < 1.29 is 29.7 Å². The van der Waals surface area contributed by atoms with Gasteiger partial charge in [-0.15, -0.1) is 0 Å². The number of hydrogen-bond acceptors (Lipinski definition) is 4. The van der Waals surface area contributed by atoms with Crippen molar-refractivity contribution in [2.45, 2.75) is 20.8 Å². The summed E-state index contributed by atoms with van der Waals surface area (Å²) in [4.78, 5) is 27.7. The van der Waals surface area contributed by atoms with E-state index in [1.165, 1.54) is 0 Å². The van der Waals surface area contributed by atoms with E-state index in [0.717, 1.165) is 13.8 Å². The van der Waals surface area contributed by atoms with Crippen LogP contribution in [0, 0.1) is 0 Å². The highest BCUT2D eigenvalue weighted by atomic mass is 16.4. The molecule has 0 aromatic carbocycles. The van der Waals surface area contributed by atoms with Gasteiger partial charge in [-0.25, -0.2) is 0 Å². The van der Waals surface area contributed by atoms with Gasteiger partial charge in [0.1, 0.15) is 0 Å². The van der Waals surface area contributed by atoms with Crippen LogP contribution in [0.25, 0.3) is 0 Å². The fourth-order valence-corrected chi connectivity index (χ4v) is 0.232. The first-order valence-corrected chi connectivity index (χ1v) is 4.05. The molecule has 0 amide bonds. The third-order valence-electron chi connectivity index (χ3n) is 0.526. The Morgan fingerprint density at radius 2 is 1.27 bits per heavy atom. The first-order chi connectivity index (χ1) is 6.73. The van der Waals surface area contributed by atoms with E-state index in [1.807, 2.05) is 6.92 Å². The molecule has 0 saturated carbocycles. The summed E-state index contributed by atoms with van der Waals surface area (Å²) in [5.74, 6) is -2.47. The molecule has 90 valence electrons. The van der Waals surface area contributed by atoms with Gasteiger partial charge in [0.05, 0.1) is 6.54 Å². The van der Waals surface area contributed by atoms with Gasteiger partial charge in [-0.3, -0.25) is 14.4 Å². The van der Waals surface area contributed by atoms with Gasteiger partial charge in [-0.1, -0.05) is 6.92 Å². The van der Waals surface area contributed by atoms with Crippen molar-refractivity contribution in [3.8, 4) is 0 Å². The maximum Gasteiger partial charge on any atom is 0.317 e. The SMILES string of the molecule is CC(=O)O.CC(=O)O.CCNCC(=O)O. The second-order valence-corrected chi connectivity index (χ2v) is 2.21. The molecule has 0 radical (unpaired) electrons. The van der Waals surface area contributed by atoms with Crippen molar-refractivity contribution in [1.82, 2.24) is 5.32 Å². The molecule has 0 saturated heterocycles. The fraction of sp³-hybridized carbons (Fsp3) is 0.625. The number of rotatable bonds is 3. The number of carbonyl (C=O) groups is 3. The van der Waals surface area contributed by atoms with Crippen molar-refractivity contribution in [1.29, 1.82) is 0 Å². The Kier molecular flexibility index (Phi) is 18.9. The Balaban J connectivity index is -0.000000155. The fourth-order valence-electron chi connectivity index (χ4n) is 0.232. The zero-order valence-corrected chi connectivity index (χ0v) is 8.98. The predicted molar refractivity (Wildman–Crippen MR) is 52.8 cm³/mol. The largest absolute Gasteiger partial charge is 0.481 e. The normalized spacial score (nSPS) is 7.40. The number of carboxylic acids is 3. The Labute approximate surface area is 87.7 Å². The minimum atomic E-state index is -0.833. The van der Waals surface area contributed by atoms with E-state index in [4.69, 9.17) is 24.9 Å². The van der Waals surface area contributed by atoms with Gasteiger partial charge < -0.3 is 20.6 Å². The molecule has 0 unspecified atom stereocenters. The van der Waals surface area contributed by atoms with Crippen molar-refractivity contribution in [2.75, 3.05) is 13.1 Å². The first-order valence-electron chi connectivity index (χ1n) is 4.05. The maximum atomic E-state index is 9.70. The summed E-state index contributed by atoms with van der Waals surface area (Å²) in [7, 11) is 0. The molecule has 0 aliphatic rings. The monoisotopic (exact) mass is 223 g/mol. The van der Waals surface area contributed by atoms with E-state index in [9.17, 15) is 4.79 Å². The molecule has 0 bridgehead atoms. The predicted octanol–water partition coefficient (Wildman–Crippen LogP) is -0.138. The lowest BCUT2D eigenvalue weighted by atomic mass is 10.6. The molecule has 0 spiro atoms. The third-order valence-corrected chi connectivity index (χ3v) is 0.526. The van der Waals surface area contributed by atoms with Gasteiger partial charge in [0, 0.05) is 13.8 Å². The van der Waals surface area contributed by atoms with Gasteiger partial charge in [0.25, 0.3) is 11.9 Å². The van der Waals surface area contributed by atoms with Crippen LogP contribution in [0.3, 0.4) is 0 Å². The molecule has 0 fully saturated rings. The molecule has 0 aliphatic heterocycles. The molecular formula is C8H17NO6. The number of nitrogens with one attached hydrogen (secondary N) is 1. The first kappa shape index (κ1) is 19.0. The van der Waals surface area contributed by atoms with Gasteiger partial charge in [-0.2, -0.15) is 0 Å². The minimum absolute atomic E-state index is 0.0660. The summed E-state index contributed by atoms with van der Waals surface area (Å²) in [6.07, 6.45) is 0. The van der Waals surface area contributed by atoms with Crippen molar-refractivity contribution in [3.05, 3.63) is 0 Å². The van der Waals surface area contributed by atoms with Crippen LogP contribution in [0.2, 0.25) is 0 Å². The van der Waals surface area contributed by atoms with E-state index >= 15 is 0 Å². The van der Waals surface area contributed by atoms with Crippen LogP contribution in [0.4, 0.5) is 0 Å². The molecule has 0 rings (SSSR count). The summed E-state index contributed by atoms with van der Waals surface area (Å²) in [5, 5.41) is 25.5. The highest BCUT2D eigenvalue weighted by Crippen LogP contribution is 1.56.